The topological polar surface area (TPSA) is 102 Å². The van der Waals surface area contributed by atoms with E-state index in [2.05, 4.69) is 9.88 Å². The quantitative estimate of drug-likeness (QED) is 0.816. The minimum Gasteiger partial charge on any atom is -0.356 e. The number of fused-ring (bicyclic) bond motifs is 1. The number of hydrogen-bond acceptors (Lipinski definition) is 5. The number of hydrogen-bond donors (Lipinski definition) is 2. The van der Waals surface area contributed by atoms with Crippen molar-refractivity contribution < 1.29 is 8.42 Å². The van der Waals surface area contributed by atoms with Gasteiger partial charge < -0.3 is 10.6 Å². The second-order valence-electron chi connectivity index (χ2n) is 5.90. The van der Waals surface area contributed by atoms with Crippen molar-refractivity contribution in [2.75, 3.05) is 18.0 Å². The zero-order chi connectivity index (χ0) is 14.3. The van der Waals surface area contributed by atoms with Crippen LogP contribution in [0.25, 0.3) is 0 Å². The number of sulfonamides is 1. The second-order valence-corrected chi connectivity index (χ2v) is 7.46. The predicted molar refractivity (Wildman–Crippen MR) is 76.6 cm³/mol. The predicted octanol–water partition coefficient (Wildman–Crippen LogP) is 0.293. The maximum atomic E-state index is 11.2. The lowest BCUT2D eigenvalue weighted by Crippen LogP contribution is -2.32. The molecular weight excluding hydrogens is 276 g/mol. The Morgan fingerprint density at radius 3 is 2.60 bits per heavy atom. The van der Waals surface area contributed by atoms with Crippen molar-refractivity contribution in [2.24, 2.45) is 22.7 Å². The Labute approximate surface area is 119 Å². The smallest absolute Gasteiger partial charge is 0.239 e. The summed E-state index contributed by atoms with van der Waals surface area (Å²) >= 11 is 0. The van der Waals surface area contributed by atoms with E-state index in [-0.39, 0.29) is 4.90 Å². The number of nitrogens with two attached hydrogens (primary N) is 2. The van der Waals surface area contributed by atoms with Crippen LogP contribution in [0.1, 0.15) is 19.3 Å². The summed E-state index contributed by atoms with van der Waals surface area (Å²) in [5.41, 5.74) is 6.03. The van der Waals surface area contributed by atoms with Gasteiger partial charge in [-0.05, 0) is 43.2 Å². The fourth-order valence-electron chi connectivity index (χ4n) is 3.38. The lowest BCUT2D eigenvalue weighted by Gasteiger charge is -2.27. The van der Waals surface area contributed by atoms with Crippen molar-refractivity contribution in [1.29, 1.82) is 0 Å². The molecule has 1 aliphatic carbocycles. The maximum absolute atomic E-state index is 11.2. The van der Waals surface area contributed by atoms with Gasteiger partial charge in [0.05, 0.1) is 0 Å². The van der Waals surface area contributed by atoms with Crippen LogP contribution in [0.5, 0.6) is 0 Å². The molecule has 1 unspecified atom stereocenters. The third kappa shape index (κ3) is 2.65. The molecule has 1 saturated carbocycles. The summed E-state index contributed by atoms with van der Waals surface area (Å²) in [6.07, 6.45) is 4.69. The van der Waals surface area contributed by atoms with E-state index in [1.807, 2.05) is 0 Å². The molecule has 3 atom stereocenters. The van der Waals surface area contributed by atoms with Gasteiger partial charge in [-0.2, -0.15) is 0 Å². The highest BCUT2D eigenvalue weighted by molar-refractivity contribution is 7.89. The van der Waals surface area contributed by atoms with E-state index < -0.39 is 10.0 Å². The first kappa shape index (κ1) is 13.8. The summed E-state index contributed by atoms with van der Waals surface area (Å²) in [4.78, 5) is 6.52. The molecular formula is C13H20N4O2S. The molecule has 1 aliphatic heterocycles. The van der Waals surface area contributed by atoms with Gasteiger partial charge in [-0.3, -0.25) is 0 Å². The third-order valence-corrected chi connectivity index (χ3v) is 5.36. The summed E-state index contributed by atoms with van der Waals surface area (Å²) in [7, 11) is -3.67. The Bertz CT molecular complexity index is 587. The summed E-state index contributed by atoms with van der Waals surface area (Å²) in [5.74, 6) is 2.15. The number of anilines is 1. The molecule has 0 spiro atoms. The molecule has 1 aromatic heterocycles. The van der Waals surface area contributed by atoms with E-state index in [9.17, 15) is 8.42 Å². The average Bonchev–Trinajstić information content (AvgIpc) is 2.80. The molecule has 110 valence electrons. The molecule has 0 radical (unpaired) electrons. The number of nitrogens with zero attached hydrogens (tertiary/aromatic N) is 2. The molecule has 1 saturated heterocycles. The van der Waals surface area contributed by atoms with Gasteiger partial charge in [0.15, 0.2) is 0 Å². The Balaban J connectivity index is 1.75. The van der Waals surface area contributed by atoms with Crippen molar-refractivity contribution in [2.45, 2.75) is 30.2 Å². The monoisotopic (exact) mass is 296 g/mol. The lowest BCUT2D eigenvalue weighted by atomic mass is 9.79. The first-order valence-corrected chi connectivity index (χ1v) is 8.47. The van der Waals surface area contributed by atoms with Gasteiger partial charge in [0.1, 0.15) is 10.7 Å². The standard InChI is InChI=1S/C13H20N4O2S/c14-11-2-1-9-7-17(8-10(9)5-11)13-4-3-12(6-16-13)20(15,18)19/h3-4,6,9-11H,1-2,5,7-8,14H2,(H2,15,18,19)/t9-,10+,11?/m1/s1. The zero-order valence-corrected chi connectivity index (χ0v) is 12.1. The van der Waals surface area contributed by atoms with E-state index in [0.29, 0.717) is 17.9 Å². The van der Waals surface area contributed by atoms with Crippen LogP contribution >= 0.6 is 0 Å². The van der Waals surface area contributed by atoms with Crippen LogP contribution in [-0.2, 0) is 10.0 Å². The maximum Gasteiger partial charge on any atom is 0.239 e. The Morgan fingerprint density at radius 1 is 1.20 bits per heavy atom. The normalized spacial score (nSPS) is 30.3. The SMILES string of the molecule is NC1CC[C@@H]2CN(c3ccc(S(N)(=O)=O)cn3)C[C@@H]2C1. The van der Waals surface area contributed by atoms with E-state index >= 15 is 0 Å². The number of aromatic nitrogens is 1. The fraction of sp³-hybridized carbons (Fsp3) is 0.615. The zero-order valence-electron chi connectivity index (χ0n) is 11.3. The highest BCUT2D eigenvalue weighted by Crippen LogP contribution is 2.37. The summed E-state index contributed by atoms with van der Waals surface area (Å²) < 4.78 is 22.4. The van der Waals surface area contributed by atoms with E-state index in [4.69, 9.17) is 10.9 Å². The van der Waals surface area contributed by atoms with Crippen molar-refractivity contribution in [3.8, 4) is 0 Å². The molecule has 0 aromatic carbocycles. The van der Waals surface area contributed by atoms with E-state index in [0.717, 1.165) is 31.7 Å². The number of primary sulfonamides is 1. The van der Waals surface area contributed by atoms with Gasteiger partial charge >= 0.3 is 0 Å². The molecule has 6 nitrogen and oxygen atoms in total. The average molecular weight is 296 g/mol. The van der Waals surface area contributed by atoms with Gasteiger partial charge in [0.25, 0.3) is 0 Å². The first-order chi connectivity index (χ1) is 9.43. The highest BCUT2D eigenvalue weighted by atomic mass is 32.2. The molecule has 3 rings (SSSR count). The molecule has 7 heteroatoms. The Morgan fingerprint density at radius 2 is 1.95 bits per heavy atom. The van der Waals surface area contributed by atoms with Gasteiger partial charge in [0.2, 0.25) is 10.0 Å². The minimum absolute atomic E-state index is 0.0554. The van der Waals surface area contributed by atoms with E-state index in [1.54, 1.807) is 6.07 Å². The van der Waals surface area contributed by atoms with Gasteiger partial charge in [-0.1, -0.05) is 0 Å². The molecule has 2 heterocycles. The molecule has 1 aromatic rings. The molecule has 2 aliphatic rings. The number of pyridine rings is 1. The van der Waals surface area contributed by atoms with Gasteiger partial charge in [-0.15, -0.1) is 0 Å². The van der Waals surface area contributed by atoms with Crippen LogP contribution in [-0.4, -0.2) is 32.5 Å². The summed E-state index contributed by atoms with van der Waals surface area (Å²) in [5, 5.41) is 5.08. The second kappa shape index (κ2) is 4.98. The highest BCUT2D eigenvalue weighted by Gasteiger charge is 2.37. The molecule has 4 N–H and O–H groups in total. The minimum atomic E-state index is -3.67. The third-order valence-electron chi connectivity index (χ3n) is 4.46. The molecule has 20 heavy (non-hydrogen) atoms. The first-order valence-electron chi connectivity index (χ1n) is 6.93. The van der Waals surface area contributed by atoms with E-state index in [1.165, 1.54) is 18.7 Å². The van der Waals surface area contributed by atoms with Crippen LogP contribution < -0.4 is 15.8 Å². The lowest BCUT2D eigenvalue weighted by molar-refractivity contribution is 0.271. The van der Waals surface area contributed by atoms with Crippen molar-refractivity contribution in [3.63, 3.8) is 0 Å². The molecule has 0 amide bonds. The van der Waals surface area contributed by atoms with Crippen molar-refractivity contribution in [3.05, 3.63) is 18.3 Å². The summed E-state index contributed by atoms with van der Waals surface area (Å²) in [6.45, 7) is 1.94. The molecule has 0 bridgehead atoms. The fourth-order valence-corrected chi connectivity index (χ4v) is 3.84. The van der Waals surface area contributed by atoms with Gasteiger partial charge in [0, 0.05) is 25.3 Å². The van der Waals surface area contributed by atoms with Crippen LogP contribution in [0, 0.1) is 11.8 Å². The van der Waals surface area contributed by atoms with Crippen molar-refractivity contribution in [1.82, 2.24) is 4.98 Å². The number of rotatable bonds is 2. The van der Waals surface area contributed by atoms with Crippen LogP contribution in [0.15, 0.2) is 23.2 Å². The molecule has 2 fully saturated rings. The van der Waals surface area contributed by atoms with Crippen LogP contribution in [0.3, 0.4) is 0 Å². The van der Waals surface area contributed by atoms with Crippen LogP contribution in [0.2, 0.25) is 0 Å². The van der Waals surface area contributed by atoms with Crippen molar-refractivity contribution >= 4 is 15.8 Å². The Hall–Kier alpha value is -1.18. The summed E-state index contributed by atoms with van der Waals surface area (Å²) in [6, 6.07) is 3.58. The van der Waals surface area contributed by atoms with Gasteiger partial charge in [-0.25, -0.2) is 18.5 Å². The largest absolute Gasteiger partial charge is 0.356 e. The Kier molecular flexibility index (Phi) is 3.43. The van der Waals surface area contributed by atoms with Crippen LogP contribution in [0.4, 0.5) is 5.82 Å².